The number of hydrogen-bond donors (Lipinski definition) is 5. The third kappa shape index (κ3) is 41.8. The van der Waals surface area contributed by atoms with Crippen LogP contribution in [0.3, 0.4) is 0 Å². The van der Waals surface area contributed by atoms with Crippen LogP contribution in [0.2, 0.25) is 0 Å². The molecule has 0 saturated heterocycles. The zero-order valence-corrected chi connectivity index (χ0v) is 4.73. The number of nitrogens with one attached hydrogen (secondary N) is 2. The third-order valence-corrected chi connectivity index (χ3v) is 0. The Morgan fingerprint density at radius 2 is 1.12 bits per heavy atom. The maximum Gasteiger partial charge on any atom is 0.183 e. The minimum Gasteiger partial charge on any atom is -0.388 e. The molecule has 0 saturated carbocycles. The van der Waals surface area contributed by atoms with Crippen LogP contribution >= 0.6 is 0 Å². The van der Waals surface area contributed by atoms with Crippen molar-refractivity contribution < 1.29 is 0 Å². The standard InChI is InChI=1S/C2H6N2.CH5N3/c1-2(3)4;2-1(3)4/h1H3,(H3,3,4);(H5,2,3,4). The van der Waals surface area contributed by atoms with E-state index >= 15 is 0 Å². The highest BCUT2D eigenvalue weighted by Gasteiger charge is 1.53. The van der Waals surface area contributed by atoms with Gasteiger partial charge in [-0.2, -0.15) is 0 Å². The molecule has 0 aliphatic carbocycles. The summed E-state index contributed by atoms with van der Waals surface area (Å²) < 4.78 is 0. The first-order valence-electron chi connectivity index (χ1n) is 1.87. The Balaban J connectivity index is 0. The van der Waals surface area contributed by atoms with Crippen LogP contribution in [0.25, 0.3) is 0 Å². The molecule has 0 atom stereocenters. The van der Waals surface area contributed by atoms with Crippen LogP contribution in [0.1, 0.15) is 6.92 Å². The molecule has 0 unspecified atom stereocenters. The van der Waals surface area contributed by atoms with Crippen molar-refractivity contribution in [3.63, 3.8) is 0 Å². The minimum atomic E-state index is -0.333. The molecule has 0 aromatic rings. The fourth-order valence-electron chi connectivity index (χ4n) is 0. The second kappa shape index (κ2) is 5.74. The second-order valence-electron chi connectivity index (χ2n) is 1.14. The van der Waals surface area contributed by atoms with Crippen molar-refractivity contribution in [1.82, 2.24) is 0 Å². The summed E-state index contributed by atoms with van der Waals surface area (Å²) in [4.78, 5) is 0. The molecule has 8 N–H and O–H groups in total. The first kappa shape index (κ1) is 9.88. The summed E-state index contributed by atoms with van der Waals surface area (Å²) in [5.74, 6) is -0.167. The van der Waals surface area contributed by atoms with Crippen molar-refractivity contribution in [2.45, 2.75) is 6.92 Å². The Hall–Kier alpha value is -1.26. The van der Waals surface area contributed by atoms with Gasteiger partial charge in [0.25, 0.3) is 0 Å². The molecule has 0 spiro atoms. The molecular weight excluding hydrogens is 106 g/mol. The van der Waals surface area contributed by atoms with E-state index in [-0.39, 0.29) is 11.8 Å². The Labute approximate surface area is 47.9 Å². The average Bonchev–Trinajstić information content (AvgIpc) is 1.25. The minimum absolute atomic E-state index is 0.167. The van der Waals surface area contributed by atoms with Crippen LogP contribution in [-0.2, 0) is 0 Å². The van der Waals surface area contributed by atoms with E-state index in [4.69, 9.17) is 16.6 Å². The van der Waals surface area contributed by atoms with Crippen molar-refractivity contribution >= 4 is 11.8 Å². The van der Waals surface area contributed by atoms with Gasteiger partial charge in [0.1, 0.15) is 0 Å². The van der Waals surface area contributed by atoms with E-state index in [1.807, 2.05) is 0 Å². The van der Waals surface area contributed by atoms with Crippen LogP contribution in [0.15, 0.2) is 0 Å². The quantitative estimate of drug-likeness (QED) is 0.201. The van der Waals surface area contributed by atoms with Crippen molar-refractivity contribution in [1.29, 1.82) is 10.8 Å². The van der Waals surface area contributed by atoms with Crippen molar-refractivity contribution in [3.8, 4) is 0 Å². The van der Waals surface area contributed by atoms with Crippen LogP contribution in [0.5, 0.6) is 0 Å². The van der Waals surface area contributed by atoms with Gasteiger partial charge in [0.15, 0.2) is 5.96 Å². The lowest BCUT2D eigenvalue weighted by Crippen LogP contribution is -2.20. The predicted octanol–water partition coefficient (Wildman–Crippen LogP) is -1.22. The van der Waals surface area contributed by atoms with Gasteiger partial charge in [0.2, 0.25) is 0 Å². The van der Waals surface area contributed by atoms with Gasteiger partial charge in [-0.3, -0.25) is 10.8 Å². The number of amidine groups is 1. The Bertz CT molecular complexity index is 65.7. The molecular formula is C3H11N5. The molecule has 0 bridgehead atoms. The monoisotopic (exact) mass is 117 g/mol. The van der Waals surface area contributed by atoms with Gasteiger partial charge < -0.3 is 17.2 Å². The van der Waals surface area contributed by atoms with E-state index in [0.29, 0.717) is 0 Å². The van der Waals surface area contributed by atoms with Gasteiger partial charge in [-0.25, -0.2) is 0 Å². The molecule has 5 heteroatoms. The van der Waals surface area contributed by atoms with E-state index in [2.05, 4.69) is 11.5 Å². The smallest absolute Gasteiger partial charge is 0.183 e. The zero-order chi connectivity index (χ0) is 7.15. The van der Waals surface area contributed by atoms with Crippen LogP contribution in [0, 0.1) is 10.8 Å². The molecule has 5 nitrogen and oxygen atoms in total. The van der Waals surface area contributed by atoms with Gasteiger partial charge >= 0.3 is 0 Å². The summed E-state index contributed by atoms with van der Waals surface area (Å²) in [7, 11) is 0. The number of guanidine groups is 1. The molecule has 0 aliphatic rings. The molecule has 48 valence electrons. The molecule has 0 aromatic heterocycles. The Morgan fingerprint density at radius 1 is 1.12 bits per heavy atom. The molecule has 0 fully saturated rings. The average molecular weight is 117 g/mol. The van der Waals surface area contributed by atoms with Crippen molar-refractivity contribution in [3.05, 3.63) is 0 Å². The summed E-state index contributed by atoms with van der Waals surface area (Å²) in [5, 5.41) is 12.3. The number of nitrogens with two attached hydrogens (primary N) is 3. The second-order valence-corrected chi connectivity index (χ2v) is 1.14. The summed E-state index contributed by atoms with van der Waals surface area (Å²) in [6, 6.07) is 0. The number of rotatable bonds is 0. The van der Waals surface area contributed by atoms with Gasteiger partial charge in [-0.1, -0.05) is 0 Å². The summed E-state index contributed by atoms with van der Waals surface area (Å²) >= 11 is 0. The molecule has 0 amide bonds. The maximum atomic E-state index is 6.28. The predicted molar refractivity (Wildman–Crippen MR) is 33.7 cm³/mol. The molecule has 0 aliphatic heterocycles. The number of hydrogen-bond acceptors (Lipinski definition) is 2. The molecule has 0 aromatic carbocycles. The lowest BCUT2D eigenvalue weighted by Gasteiger charge is -1.69. The summed E-state index contributed by atoms with van der Waals surface area (Å²) in [5.41, 5.74) is 13.6. The Morgan fingerprint density at radius 3 is 1.12 bits per heavy atom. The van der Waals surface area contributed by atoms with Gasteiger partial charge in [-0.15, -0.1) is 0 Å². The highest BCUT2D eigenvalue weighted by atomic mass is 14.9. The first-order chi connectivity index (χ1) is 3.46. The van der Waals surface area contributed by atoms with E-state index in [1.165, 1.54) is 6.92 Å². The third-order valence-electron chi connectivity index (χ3n) is 0. The normalized spacial score (nSPS) is 6.12. The van der Waals surface area contributed by atoms with Crippen LogP contribution < -0.4 is 17.2 Å². The van der Waals surface area contributed by atoms with Crippen LogP contribution in [-0.4, -0.2) is 11.8 Å². The Kier molecular flexibility index (Phi) is 7.09. The molecule has 0 heterocycles. The lowest BCUT2D eigenvalue weighted by molar-refractivity contribution is 1.39. The SMILES string of the molecule is CC(=N)N.N=C(N)N. The van der Waals surface area contributed by atoms with Crippen molar-refractivity contribution in [2.24, 2.45) is 17.2 Å². The largest absolute Gasteiger partial charge is 0.388 e. The van der Waals surface area contributed by atoms with E-state index in [1.54, 1.807) is 0 Å². The summed E-state index contributed by atoms with van der Waals surface area (Å²) in [6.07, 6.45) is 0. The van der Waals surface area contributed by atoms with Crippen molar-refractivity contribution in [2.75, 3.05) is 0 Å². The topological polar surface area (TPSA) is 126 Å². The fourth-order valence-corrected chi connectivity index (χ4v) is 0. The zero-order valence-electron chi connectivity index (χ0n) is 4.73. The van der Waals surface area contributed by atoms with E-state index in [0.717, 1.165) is 0 Å². The fraction of sp³-hybridized carbons (Fsp3) is 0.333. The van der Waals surface area contributed by atoms with E-state index < -0.39 is 0 Å². The molecule has 0 rings (SSSR count). The van der Waals surface area contributed by atoms with Gasteiger partial charge in [-0.05, 0) is 6.92 Å². The summed E-state index contributed by atoms with van der Waals surface area (Å²) in [6.45, 7) is 1.53. The lowest BCUT2D eigenvalue weighted by atomic mass is 10.8. The van der Waals surface area contributed by atoms with Gasteiger partial charge in [0.05, 0.1) is 5.84 Å². The van der Waals surface area contributed by atoms with Gasteiger partial charge in [0, 0.05) is 0 Å². The maximum absolute atomic E-state index is 6.28. The molecule has 0 radical (unpaired) electrons. The van der Waals surface area contributed by atoms with E-state index in [9.17, 15) is 0 Å². The highest BCUT2D eigenvalue weighted by Crippen LogP contribution is 1.36. The van der Waals surface area contributed by atoms with Crippen LogP contribution in [0.4, 0.5) is 0 Å². The molecule has 8 heavy (non-hydrogen) atoms. The first-order valence-corrected chi connectivity index (χ1v) is 1.87. The highest BCUT2D eigenvalue weighted by molar-refractivity contribution is 5.73.